The topological polar surface area (TPSA) is 99.2 Å². The van der Waals surface area contributed by atoms with Crippen LogP contribution in [0.2, 0.25) is 0 Å². The number of rotatable bonds is 5. The van der Waals surface area contributed by atoms with Crippen LogP contribution in [0.1, 0.15) is 22.9 Å². The van der Waals surface area contributed by atoms with Gasteiger partial charge in [0, 0.05) is 47.8 Å². The molecule has 3 aromatic heterocycles. The number of hydrogen-bond acceptors (Lipinski definition) is 5. The Kier molecular flexibility index (Phi) is 4.99. The molecule has 0 radical (unpaired) electrons. The number of pyridine rings is 2. The highest BCUT2D eigenvalue weighted by Gasteiger charge is 2.46. The number of nitrogens with zero attached hydrogens (tertiary/aromatic N) is 3. The van der Waals surface area contributed by atoms with Crippen LogP contribution in [0.5, 0.6) is 0 Å². The predicted octanol–water partition coefficient (Wildman–Crippen LogP) is 3.62. The quantitative estimate of drug-likeness (QED) is 0.290. The first-order valence-electron chi connectivity index (χ1n) is 10.3. The lowest BCUT2D eigenvalue weighted by Gasteiger charge is -2.24. The zero-order valence-electron chi connectivity index (χ0n) is 17.1. The van der Waals surface area contributed by atoms with Gasteiger partial charge in [0.1, 0.15) is 11.8 Å². The molecule has 1 saturated heterocycles. The Labute approximate surface area is 184 Å². The summed E-state index contributed by atoms with van der Waals surface area (Å²) in [5.41, 5.74) is 3.00. The number of nitrogens with one attached hydrogen (secondary N) is 1. The summed E-state index contributed by atoms with van der Waals surface area (Å²) in [7, 11) is 0. The molecule has 1 unspecified atom stereocenters. The van der Waals surface area contributed by atoms with Crippen LogP contribution in [0, 0.1) is 0 Å². The van der Waals surface area contributed by atoms with E-state index in [0.29, 0.717) is 24.2 Å². The molecule has 2 N–H and O–H groups in total. The molecule has 32 heavy (non-hydrogen) atoms. The molecule has 158 valence electrons. The minimum atomic E-state index is -0.776. The Balaban J connectivity index is 1.55. The molecule has 1 aliphatic rings. The Bertz CT molecular complexity index is 1330. The number of H-pyrrole nitrogens is 1. The molecular weight excluding hydrogens is 404 g/mol. The zero-order valence-corrected chi connectivity index (χ0v) is 17.1. The Morgan fingerprint density at radius 3 is 2.66 bits per heavy atom. The number of hydrogen-bond donors (Lipinski definition) is 2. The van der Waals surface area contributed by atoms with Crippen LogP contribution in [0.4, 0.5) is 0 Å². The van der Waals surface area contributed by atoms with Crippen LogP contribution in [-0.4, -0.2) is 43.2 Å². The fourth-order valence-corrected chi connectivity index (χ4v) is 4.19. The summed E-state index contributed by atoms with van der Waals surface area (Å²) in [4.78, 5) is 39.2. The molecule has 0 bridgehead atoms. The smallest absolute Gasteiger partial charge is 0.295 e. The van der Waals surface area contributed by atoms with Gasteiger partial charge in [-0.1, -0.05) is 24.3 Å². The van der Waals surface area contributed by atoms with Crippen molar-refractivity contribution >= 4 is 28.4 Å². The molecule has 1 atom stereocenters. The largest absolute Gasteiger partial charge is 0.507 e. The number of ketones is 1. The van der Waals surface area contributed by atoms with Crippen LogP contribution in [0.25, 0.3) is 16.7 Å². The molecule has 0 spiro atoms. The van der Waals surface area contributed by atoms with Crippen molar-refractivity contribution in [2.45, 2.75) is 12.5 Å². The van der Waals surface area contributed by atoms with Crippen molar-refractivity contribution in [3.05, 3.63) is 102 Å². The molecular formula is C25H20N4O3. The van der Waals surface area contributed by atoms with Crippen molar-refractivity contribution in [3.8, 4) is 0 Å². The minimum absolute atomic E-state index is 0.0284. The highest BCUT2D eigenvalue weighted by Crippen LogP contribution is 2.38. The Morgan fingerprint density at radius 1 is 1.03 bits per heavy atom. The summed E-state index contributed by atoms with van der Waals surface area (Å²) in [5, 5.41) is 12.0. The maximum atomic E-state index is 13.0. The molecule has 0 saturated carbocycles. The van der Waals surface area contributed by atoms with E-state index in [1.807, 2.05) is 30.5 Å². The number of fused-ring (bicyclic) bond motifs is 1. The van der Waals surface area contributed by atoms with Crippen molar-refractivity contribution in [1.29, 1.82) is 0 Å². The first kappa shape index (κ1) is 19.7. The van der Waals surface area contributed by atoms with Crippen LogP contribution >= 0.6 is 0 Å². The predicted molar refractivity (Wildman–Crippen MR) is 119 cm³/mol. The van der Waals surface area contributed by atoms with Gasteiger partial charge in [0.2, 0.25) is 0 Å². The monoisotopic (exact) mass is 424 g/mol. The van der Waals surface area contributed by atoms with E-state index in [4.69, 9.17) is 0 Å². The molecule has 0 aliphatic carbocycles. The number of carbonyl (C=O) groups is 2. The normalized spacial score (nSPS) is 17.9. The SMILES string of the molecule is O=C1C(=O)N(CCc2c[nH]c3ccccc23)C(c2ccccn2)C1=C(O)c1cccnc1. The minimum Gasteiger partial charge on any atom is -0.507 e. The molecule has 1 aliphatic heterocycles. The van der Waals surface area contributed by atoms with E-state index in [1.54, 1.807) is 42.7 Å². The standard InChI is InChI=1S/C25H20N4O3/c30-23(17-6-5-11-26-14-17)21-22(20-9-3-4-12-27-20)29(25(32)24(21)31)13-10-16-15-28-19-8-2-1-7-18(16)19/h1-9,11-12,14-15,22,28,30H,10,13H2. The lowest BCUT2D eigenvalue weighted by Crippen LogP contribution is -2.32. The number of benzene rings is 1. The number of carbonyl (C=O) groups excluding carboxylic acids is 2. The van der Waals surface area contributed by atoms with Crippen molar-refractivity contribution in [3.63, 3.8) is 0 Å². The molecule has 4 heterocycles. The first-order valence-corrected chi connectivity index (χ1v) is 10.3. The van der Waals surface area contributed by atoms with Gasteiger partial charge in [-0.2, -0.15) is 0 Å². The summed E-state index contributed by atoms with van der Waals surface area (Å²) in [6.45, 7) is 0.303. The van der Waals surface area contributed by atoms with Gasteiger partial charge in [-0.3, -0.25) is 19.6 Å². The van der Waals surface area contributed by atoms with Crippen molar-refractivity contribution in [2.75, 3.05) is 6.54 Å². The van der Waals surface area contributed by atoms with Gasteiger partial charge in [0.05, 0.1) is 11.3 Å². The summed E-state index contributed by atoms with van der Waals surface area (Å²) >= 11 is 0. The van der Waals surface area contributed by atoms with Crippen LogP contribution in [-0.2, 0) is 16.0 Å². The van der Waals surface area contributed by atoms with E-state index >= 15 is 0 Å². The lowest BCUT2D eigenvalue weighted by atomic mass is 9.99. The summed E-state index contributed by atoms with van der Waals surface area (Å²) in [6.07, 6.45) is 7.12. The lowest BCUT2D eigenvalue weighted by molar-refractivity contribution is -0.139. The van der Waals surface area contributed by atoms with Gasteiger partial charge in [-0.25, -0.2) is 0 Å². The second kappa shape index (κ2) is 8.11. The number of amides is 1. The fraction of sp³-hybridized carbons (Fsp3) is 0.120. The second-order valence-electron chi connectivity index (χ2n) is 7.60. The van der Waals surface area contributed by atoms with E-state index in [1.165, 1.54) is 11.1 Å². The number of Topliss-reactive ketones (excluding diaryl/α,β-unsaturated/α-hetero) is 1. The third-order valence-corrected chi connectivity index (χ3v) is 5.74. The van der Waals surface area contributed by atoms with E-state index in [-0.39, 0.29) is 11.3 Å². The number of aromatic amines is 1. The van der Waals surface area contributed by atoms with Gasteiger partial charge in [0.25, 0.3) is 11.7 Å². The van der Waals surface area contributed by atoms with E-state index < -0.39 is 17.7 Å². The highest BCUT2D eigenvalue weighted by atomic mass is 16.3. The number of aliphatic hydroxyl groups excluding tert-OH is 1. The van der Waals surface area contributed by atoms with Gasteiger partial charge in [-0.05, 0) is 42.3 Å². The number of aliphatic hydroxyl groups is 1. The highest BCUT2D eigenvalue weighted by molar-refractivity contribution is 6.46. The summed E-state index contributed by atoms with van der Waals surface area (Å²) in [6, 6.07) is 15.8. The number of aromatic nitrogens is 3. The summed E-state index contributed by atoms with van der Waals surface area (Å²) < 4.78 is 0. The molecule has 1 amide bonds. The second-order valence-corrected chi connectivity index (χ2v) is 7.60. The molecule has 1 aromatic carbocycles. The molecule has 1 fully saturated rings. The zero-order chi connectivity index (χ0) is 22.1. The van der Waals surface area contributed by atoms with Crippen molar-refractivity contribution in [1.82, 2.24) is 19.9 Å². The Hall–Kier alpha value is -4.26. The van der Waals surface area contributed by atoms with Crippen LogP contribution < -0.4 is 0 Å². The van der Waals surface area contributed by atoms with Gasteiger partial charge < -0.3 is 15.0 Å². The fourth-order valence-electron chi connectivity index (χ4n) is 4.19. The van der Waals surface area contributed by atoms with Crippen molar-refractivity contribution < 1.29 is 14.7 Å². The Morgan fingerprint density at radius 2 is 1.88 bits per heavy atom. The van der Waals surface area contributed by atoms with Crippen LogP contribution in [0.3, 0.4) is 0 Å². The molecule has 5 rings (SSSR count). The molecule has 7 nitrogen and oxygen atoms in total. The average Bonchev–Trinajstić information content (AvgIpc) is 3.37. The first-order chi connectivity index (χ1) is 15.6. The van der Waals surface area contributed by atoms with Crippen LogP contribution in [0.15, 0.2) is 85.0 Å². The molecule has 4 aromatic rings. The van der Waals surface area contributed by atoms with Gasteiger partial charge in [0.15, 0.2) is 0 Å². The van der Waals surface area contributed by atoms with Gasteiger partial charge >= 0.3 is 0 Å². The third kappa shape index (κ3) is 3.33. The third-order valence-electron chi connectivity index (χ3n) is 5.74. The van der Waals surface area contributed by atoms with E-state index in [9.17, 15) is 14.7 Å². The van der Waals surface area contributed by atoms with E-state index in [0.717, 1.165) is 16.5 Å². The van der Waals surface area contributed by atoms with E-state index in [2.05, 4.69) is 15.0 Å². The van der Waals surface area contributed by atoms with Crippen molar-refractivity contribution in [2.24, 2.45) is 0 Å². The maximum Gasteiger partial charge on any atom is 0.295 e. The summed E-state index contributed by atoms with van der Waals surface area (Å²) in [5.74, 6) is -1.62. The van der Waals surface area contributed by atoms with Gasteiger partial charge in [-0.15, -0.1) is 0 Å². The number of para-hydroxylation sites is 1. The molecule has 7 heteroatoms. The maximum absolute atomic E-state index is 13.0. The number of likely N-dealkylation sites (tertiary alicyclic amines) is 1. The average molecular weight is 424 g/mol.